The van der Waals surface area contributed by atoms with Crippen LogP contribution in [0.1, 0.15) is 11.1 Å². The molecule has 1 fully saturated rings. The molecule has 2 aromatic rings. The number of ether oxygens (including phenoxy) is 1. The molecule has 0 bridgehead atoms. The summed E-state index contributed by atoms with van der Waals surface area (Å²) >= 11 is 17.0. The number of thiocarbonyl (C=S) groups is 1. The molecule has 2 aromatic carbocycles. The second-order valence-corrected chi connectivity index (χ2v) is 9.05. The van der Waals surface area contributed by atoms with Gasteiger partial charge in [-0.2, -0.15) is 0 Å². The van der Waals surface area contributed by atoms with Gasteiger partial charge in [0.2, 0.25) is 0 Å². The molecule has 0 spiro atoms. The summed E-state index contributed by atoms with van der Waals surface area (Å²) in [7, 11) is 3.10. The minimum atomic E-state index is -0.428. The van der Waals surface area contributed by atoms with Crippen LogP contribution in [0.5, 0.6) is 5.75 Å². The molecule has 29 heavy (non-hydrogen) atoms. The molecule has 1 aliphatic heterocycles. The van der Waals surface area contributed by atoms with Crippen molar-refractivity contribution in [3.8, 4) is 5.75 Å². The van der Waals surface area contributed by atoms with Crippen molar-refractivity contribution in [1.82, 2.24) is 9.80 Å². The number of carbonyl (C=O) groups excluding carboxylic acids is 2. The number of hydrogen-bond acceptors (Lipinski definition) is 4. The summed E-state index contributed by atoms with van der Waals surface area (Å²) < 4.78 is 7.47. The van der Waals surface area contributed by atoms with Crippen LogP contribution in [0.25, 0.3) is 6.08 Å². The molecule has 0 radical (unpaired) electrons. The van der Waals surface area contributed by atoms with Gasteiger partial charge in [0.15, 0.2) is 5.11 Å². The number of benzene rings is 2. The van der Waals surface area contributed by atoms with E-state index in [1.165, 1.54) is 9.80 Å². The SMILES string of the molecule is CN1C(=O)C(=Cc2cc(Br)c(OCc3ccccc3Cl)c(I)c2)C(=O)N(C)C1=S. The smallest absolute Gasteiger partial charge is 0.265 e. The lowest BCUT2D eigenvalue weighted by Crippen LogP contribution is -2.52. The van der Waals surface area contributed by atoms with E-state index in [1.54, 1.807) is 26.2 Å². The van der Waals surface area contributed by atoms with Crippen LogP contribution in [-0.4, -0.2) is 40.8 Å². The fourth-order valence-electron chi connectivity index (χ4n) is 2.71. The van der Waals surface area contributed by atoms with Gasteiger partial charge in [-0.05, 0) is 80.6 Å². The molecule has 0 aliphatic carbocycles. The first kappa shape index (κ1) is 22.2. The first-order valence-corrected chi connectivity index (χ1v) is 11.0. The van der Waals surface area contributed by atoms with E-state index >= 15 is 0 Å². The van der Waals surface area contributed by atoms with Crippen LogP contribution >= 0.6 is 62.3 Å². The van der Waals surface area contributed by atoms with E-state index in [2.05, 4.69) is 38.5 Å². The van der Waals surface area contributed by atoms with Crippen molar-refractivity contribution in [3.05, 3.63) is 66.2 Å². The Bertz CT molecular complexity index is 1010. The lowest BCUT2D eigenvalue weighted by molar-refractivity contribution is -0.132. The van der Waals surface area contributed by atoms with Crippen molar-refractivity contribution < 1.29 is 14.3 Å². The average molecular weight is 606 g/mol. The van der Waals surface area contributed by atoms with Gasteiger partial charge >= 0.3 is 0 Å². The zero-order valence-electron chi connectivity index (χ0n) is 15.4. The molecule has 2 amide bonds. The van der Waals surface area contributed by atoms with Gasteiger partial charge in [-0.15, -0.1) is 0 Å². The molecule has 3 rings (SSSR count). The third-order valence-electron chi connectivity index (χ3n) is 4.31. The molecule has 1 heterocycles. The molecule has 5 nitrogen and oxygen atoms in total. The van der Waals surface area contributed by atoms with E-state index in [4.69, 9.17) is 28.6 Å². The van der Waals surface area contributed by atoms with Gasteiger partial charge in [-0.3, -0.25) is 19.4 Å². The lowest BCUT2D eigenvalue weighted by Gasteiger charge is -2.31. The second-order valence-electron chi connectivity index (χ2n) is 6.26. The van der Waals surface area contributed by atoms with Gasteiger partial charge in [0.05, 0.1) is 8.04 Å². The van der Waals surface area contributed by atoms with Gasteiger partial charge in [0.1, 0.15) is 17.9 Å². The summed E-state index contributed by atoms with van der Waals surface area (Å²) in [5.41, 5.74) is 1.62. The Kier molecular flexibility index (Phi) is 6.98. The van der Waals surface area contributed by atoms with E-state index in [0.29, 0.717) is 27.4 Å². The topological polar surface area (TPSA) is 49.9 Å². The molecule has 9 heteroatoms. The molecule has 0 saturated carbocycles. The zero-order chi connectivity index (χ0) is 21.3. The number of amides is 2. The van der Waals surface area contributed by atoms with Crippen molar-refractivity contribution in [1.29, 1.82) is 0 Å². The third kappa shape index (κ3) is 4.65. The first-order chi connectivity index (χ1) is 13.7. The fourth-order valence-corrected chi connectivity index (χ4v) is 4.83. The maximum Gasteiger partial charge on any atom is 0.265 e. The number of hydrogen-bond donors (Lipinski definition) is 0. The zero-order valence-corrected chi connectivity index (χ0v) is 20.7. The number of rotatable bonds is 4. The van der Waals surface area contributed by atoms with E-state index in [9.17, 15) is 9.59 Å². The maximum atomic E-state index is 12.5. The summed E-state index contributed by atoms with van der Waals surface area (Å²) in [6, 6.07) is 11.1. The number of halogens is 3. The van der Waals surface area contributed by atoms with Gasteiger partial charge in [-0.1, -0.05) is 29.8 Å². The minimum Gasteiger partial charge on any atom is -0.487 e. The molecule has 1 saturated heterocycles. The highest BCUT2D eigenvalue weighted by Crippen LogP contribution is 2.34. The van der Waals surface area contributed by atoms with Crippen molar-refractivity contribution in [2.45, 2.75) is 6.61 Å². The Morgan fingerprint density at radius 2 is 1.79 bits per heavy atom. The predicted octanol–water partition coefficient (Wildman–Crippen LogP) is 4.88. The molecule has 1 aliphatic rings. The van der Waals surface area contributed by atoms with E-state index < -0.39 is 11.8 Å². The van der Waals surface area contributed by atoms with Crippen molar-refractivity contribution in [3.63, 3.8) is 0 Å². The van der Waals surface area contributed by atoms with Crippen molar-refractivity contribution >= 4 is 85.3 Å². The van der Waals surface area contributed by atoms with Crippen LogP contribution < -0.4 is 4.74 Å². The first-order valence-electron chi connectivity index (χ1n) is 8.37. The highest BCUT2D eigenvalue weighted by Gasteiger charge is 2.35. The van der Waals surface area contributed by atoms with Gasteiger partial charge < -0.3 is 4.74 Å². The largest absolute Gasteiger partial charge is 0.487 e. The third-order valence-corrected chi connectivity index (χ3v) is 6.61. The van der Waals surface area contributed by atoms with Crippen LogP contribution in [0.3, 0.4) is 0 Å². The molecular weight excluding hydrogens is 591 g/mol. The quantitative estimate of drug-likeness (QED) is 0.216. The summed E-state index contributed by atoms with van der Waals surface area (Å²) in [6.45, 7) is 0.318. The molecule has 150 valence electrons. The van der Waals surface area contributed by atoms with Gasteiger partial charge in [-0.25, -0.2) is 0 Å². The van der Waals surface area contributed by atoms with Crippen LogP contribution in [-0.2, 0) is 16.2 Å². The van der Waals surface area contributed by atoms with E-state index in [-0.39, 0.29) is 10.7 Å². The Morgan fingerprint density at radius 1 is 1.17 bits per heavy atom. The second kappa shape index (κ2) is 9.11. The van der Waals surface area contributed by atoms with Crippen LogP contribution in [0, 0.1) is 3.57 Å². The Morgan fingerprint density at radius 3 is 2.38 bits per heavy atom. The fraction of sp³-hybridized carbons (Fsp3) is 0.150. The molecule has 0 unspecified atom stereocenters. The minimum absolute atomic E-state index is 0.0519. The molecule has 0 atom stereocenters. The number of nitrogens with zero attached hydrogens (tertiary/aromatic N) is 2. The molecule has 0 aromatic heterocycles. The summed E-state index contributed by atoms with van der Waals surface area (Å²) in [6.07, 6.45) is 1.56. The van der Waals surface area contributed by atoms with Crippen molar-refractivity contribution in [2.75, 3.05) is 14.1 Å². The molecule has 0 N–H and O–H groups in total. The standard InChI is InChI=1S/C20H15BrClIN2O3S/c1-24-18(26)13(19(27)25(2)20(24)29)7-11-8-14(21)17(16(23)9-11)28-10-12-5-3-4-6-15(12)22/h3-9H,10H2,1-2H3. The number of likely N-dealkylation sites (N-methyl/N-ethyl adjacent to an activating group) is 2. The number of carbonyl (C=O) groups is 2. The van der Waals surface area contributed by atoms with Crippen LogP contribution in [0.15, 0.2) is 46.4 Å². The van der Waals surface area contributed by atoms with Crippen LogP contribution in [0.4, 0.5) is 0 Å². The maximum absolute atomic E-state index is 12.5. The van der Waals surface area contributed by atoms with Crippen LogP contribution in [0.2, 0.25) is 5.02 Å². The summed E-state index contributed by atoms with van der Waals surface area (Å²) in [5, 5.41) is 0.816. The van der Waals surface area contributed by atoms with E-state index in [1.807, 2.05) is 30.3 Å². The average Bonchev–Trinajstić information content (AvgIpc) is 2.69. The Balaban J connectivity index is 1.88. The van der Waals surface area contributed by atoms with Gasteiger partial charge in [0, 0.05) is 24.7 Å². The monoisotopic (exact) mass is 604 g/mol. The van der Waals surface area contributed by atoms with Gasteiger partial charge in [0.25, 0.3) is 11.8 Å². The van der Waals surface area contributed by atoms with E-state index in [0.717, 1.165) is 9.13 Å². The van der Waals surface area contributed by atoms with Crippen molar-refractivity contribution in [2.24, 2.45) is 0 Å². The predicted molar refractivity (Wildman–Crippen MR) is 129 cm³/mol. The summed E-state index contributed by atoms with van der Waals surface area (Å²) in [4.78, 5) is 27.6. The lowest BCUT2D eigenvalue weighted by atomic mass is 10.1. The Hall–Kier alpha value is -1.49. The molecular formula is C20H15BrClIN2O3S. The highest BCUT2D eigenvalue weighted by molar-refractivity contribution is 14.1. The highest BCUT2D eigenvalue weighted by atomic mass is 127. The Labute approximate surface area is 200 Å². The normalized spacial score (nSPS) is 14.5. The summed E-state index contributed by atoms with van der Waals surface area (Å²) in [5.74, 6) is -0.198.